The maximum atomic E-state index is 14.1. The van der Waals surface area contributed by atoms with E-state index < -0.39 is 96.0 Å². The second kappa shape index (κ2) is 11.8. The van der Waals surface area contributed by atoms with Crippen LogP contribution >= 0.6 is 0 Å². The summed E-state index contributed by atoms with van der Waals surface area (Å²) in [6.07, 6.45) is -8.78. The van der Waals surface area contributed by atoms with Crippen molar-refractivity contribution in [2.75, 3.05) is 6.61 Å². The molecule has 1 aromatic rings. The molecule has 15 heteroatoms. The molecule has 36 heavy (non-hydrogen) atoms. The van der Waals surface area contributed by atoms with Crippen LogP contribution in [-0.4, -0.2) is 67.2 Å². The number of carbonyl (C=O) groups is 5. The average Bonchev–Trinajstić information content (AvgIpc) is 2.76. The number of esters is 5. The van der Waals surface area contributed by atoms with Gasteiger partial charge >= 0.3 is 29.8 Å². The number of benzene rings is 1. The van der Waals surface area contributed by atoms with E-state index in [9.17, 15) is 41.5 Å². The van der Waals surface area contributed by atoms with E-state index in [1.165, 1.54) is 0 Å². The lowest BCUT2D eigenvalue weighted by atomic mass is 9.98. The molecule has 0 spiro atoms. The minimum Gasteiger partial charge on any atom is -0.463 e. The SMILES string of the molecule is CC(=O)OC[C@H]1O[C@@H](OC(=O)c2cc(F)c(F)c(F)c2F)[C@H](OC(C)=O)[C@@H](OC(C)=O)[C@@H]1OC(C)=O. The van der Waals surface area contributed by atoms with Gasteiger partial charge in [-0.2, -0.15) is 0 Å². The highest BCUT2D eigenvalue weighted by molar-refractivity contribution is 5.90. The zero-order valence-electron chi connectivity index (χ0n) is 19.2. The van der Waals surface area contributed by atoms with Crippen LogP contribution in [0.1, 0.15) is 38.1 Å². The summed E-state index contributed by atoms with van der Waals surface area (Å²) in [6.45, 7) is 3.17. The maximum absolute atomic E-state index is 14.1. The summed E-state index contributed by atoms with van der Waals surface area (Å²) < 4.78 is 84.9. The number of hydrogen-bond donors (Lipinski definition) is 0. The van der Waals surface area contributed by atoms with Crippen LogP contribution < -0.4 is 0 Å². The highest BCUT2D eigenvalue weighted by Gasteiger charge is 2.54. The standard InChI is InChI=1S/C21H20F4O11/c1-7(26)31-6-13-17(32-8(2)27)18(33-9(3)28)19(34-10(4)29)21(35-13)36-20(30)11-5-12(22)15(24)16(25)14(11)23/h5,13,17-19,21H,6H2,1-4H3/t13-,17-,18+,19-,21+/m1/s1. The van der Waals surface area contributed by atoms with Gasteiger partial charge in [0.2, 0.25) is 12.4 Å². The van der Waals surface area contributed by atoms with E-state index in [-0.39, 0.29) is 6.07 Å². The highest BCUT2D eigenvalue weighted by atomic mass is 19.2. The molecule has 5 atom stereocenters. The first-order valence-electron chi connectivity index (χ1n) is 10.1. The lowest BCUT2D eigenvalue weighted by Gasteiger charge is -2.43. The van der Waals surface area contributed by atoms with Gasteiger partial charge in [-0.1, -0.05) is 0 Å². The van der Waals surface area contributed by atoms with Crippen molar-refractivity contribution in [1.82, 2.24) is 0 Å². The van der Waals surface area contributed by atoms with Crippen LogP contribution in [0.15, 0.2) is 6.07 Å². The Morgan fingerprint density at radius 3 is 1.78 bits per heavy atom. The number of carbonyl (C=O) groups excluding carboxylic acids is 5. The van der Waals surface area contributed by atoms with Crippen LogP contribution in [0.2, 0.25) is 0 Å². The van der Waals surface area contributed by atoms with Gasteiger partial charge in [0.1, 0.15) is 18.3 Å². The summed E-state index contributed by atoms with van der Waals surface area (Å²) in [5.41, 5.74) is -1.39. The molecule has 0 radical (unpaired) electrons. The predicted molar refractivity (Wildman–Crippen MR) is 104 cm³/mol. The molecule has 1 fully saturated rings. The molecular formula is C21H20F4O11. The molecule has 2 rings (SSSR count). The molecule has 0 unspecified atom stereocenters. The van der Waals surface area contributed by atoms with Crippen molar-refractivity contribution in [2.45, 2.75) is 58.4 Å². The van der Waals surface area contributed by atoms with Gasteiger partial charge in [-0.05, 0) is 6.07 Å². The minimum atomic E-state index is -2.30. The van der Waals surface area contributed by atoms with Crippen LogP contribution in [0.3, 0.4) is 0 Å². The lowest BCUT2D eigenvalue weighted by molar-refractivity contribution is -0.294. The number of halogens is 4. The molecule has 1 aliphatic heterocycles. The molecule has 0 amide bonds. The summed E-state index contributed by atoms with van der Waals surface area (Å²) in [4.78, 5) is 58.9. The van der Waals surface area contributed by atoms with Crippen molar-refractivity contribution >= 4 is 29.8 Å². The Labute approximate surface area is 200 Å². The van der Waals surface area contributed by atoms with E-state index in [4.69, 9.17) is 28.4 Å². The summed E-state index contributed by atoms with van der Waals surface area (Å²) >= 11 is 0. The van der Waals surface area contributed by atoms with Gasteiger partial charge in [-0.25, -0.2) is 22.4 Å². The van der Waals surface area contributed by atoms with Crippen molar-refractivity contribution in [2.24, 2.45) is 0 Å². The quantitative estimate of drug-likeness (QED) is 0.168. The van der Waals surface area contributed by atoms with Gasteiger partial charge in [0.25, 0.3) is 0 Å². The molecule has 0 N–H and O–H groups in total. The Morgan fingerprint density at radius 1 is 0.722 bits per heavy atom. The first-order chi connectivity index (χ1) is 16.7. The third kappa shape index (κ3) is 6.90. The van der Waals surface area contributed by atoms with E-state index in [0.717, 1.165) is 27.7 Å². The first kappa shape index (κ1) is 28.5. The number of rotatable bonds is 7. The van der Waals surface area contributed by atoms with Crippen molar-refractivity contribution < 1.29 is 70.0 Å². The second-order valence-electron chi connectivity index (χ2n) is 7.32. The number of hydrogen-bond acceptors (Lipinski definition) is 11. The van der Waals surface area contributed by atoms with Crippen molar-refractivity contribution in [3.8, 4) is 0 Å². The van der Waals surface area contributed by atoms with E-state index >= 15 is 0 Å². The van der Waals surface area contributed by atoms with Crippen molar-refractivity contribution in [1.29, 1.82) is 0 Å². The highest BCUT2D eigenvalue weighted by Crippen LogP contribution is 2.31. The minimum absolute atomic E-state index is 0.0152. The molecule has 1 saturated heterocycles. The predicted octanol–water partition coefficient (Wildman–Crippen LogP) is 1.48. The van der Waals surface area contributed by atoms with Gasteiger partial charge in [0, 0.05) is 27.7 Å². The third-order valence-electron chi connectivity index (χ3n) is 4.49. The van der Waals surface area contributed by atoms with Gasteiger partial charge in [0.15, 0.2) is 35.5 Å². The molecule has 1 aliphatic rings. The van der Waals surface area contributed by atoms with E-state index in [1.54, 1.807) is 0 Å². The largest absolute Gasteiger partial charge is 0.463 e. The Hall–Kier alpha value is -3.75. The van der Waals surface area contributed by atoms with E-state index in [2.05, 4.69) is 0 Å². The molecule has 0 aromatic heterocycles. The zero-order valence-corrected chi connectivity index (χ0v) is 19.2. The average molecular weight is 524 g/mol. The van der Waals surface area contributed by atoms with E-state index in [1.807, 2.05) is 0 Å². The second-order valence-corrected chi connectivity index (χ2v) is 7.32. The van der Waals surface area contributed by atoms with Crippen LogP contribution in [0.25, 0.3) is 0 Å². The summed E-state index contributed by atoms with van der Waals surface area (Å²) in [7, 11) is 0. The van der Waals surface area contributed by atoms with Gasteiger partial charge in [0.05, 0.1) is 0 Å². The zero-order chi connectivity index (χ0) is 27.3. The monoisotopic (exact) mass is 524 g/mol. The first-order valence-corrected chi connectivity index (χ1v) is 10.1. The van der Waals surface area contributed by atoms with Crippen LogP contribution in [0, 0.1) is 23.3 Å². The topological polar surface area (TPSA) is 141 Å². The van der Waals surface area contributed by atoms with Gasteiger partial charge in [-0.15, -0.1) is 0 Å². The Bertz CT molecular complexity index is 1060. The fraction of sp³-hybridized carbons (Fsp3) is 0.476. The van der Waals surface area contributed by atoms with E-state index in [0.29, 0.717) is 0 Å². The molecule has 198 valence electrons. The van der Waals surface area contributed by atoms with Crippen molar-refractivity contribution in [3.05, 3.63) is 34.9 Å². The third-order valence-corrected chi connectivity index (χ3v) is 4.49. The maximum Gasteiger partial charge on any atom is 0.343 e. The number of ether oxygens (including phenoxy) is 6. The molecule has 11 nitrogen and oxygen atoms in total. The fourth-order valence-electron chi connectivity index (χ4n) is 3.17. The Kier molecular flexibility index (Phi) is 9.33. The fourth-order valence-corrected chi connectivity index (χ4v) is 3.17. The van der Waals surface area contributed by atoms with Gasteiger partial charge in [-0.3, -0.25) is 19.2 Å². The Balaban J connectivity index is 2.52. The summed E-state index contributed by atoms with van der Waals surface area (Å²) in [6, 6.07) is 0.0152. The van der Waals surface area contributed by atoms with Crippen LogP contribution in [0.5, 0.6) is 0 Å². The lowest BCUT2D eigenvalue weighted by Crippen LogP contribution is -2.63. The summed E-state index contributed by atoms with van der Waals surface area (Å²) in [5, 5.41) is 0. The molecule has 0 aliphatic carbocycles. The normalized spacial score (nSPS) is 23.3. The molecule has 0 bridgehead atoms. The molecule has 1 heterocycles. The van der Waals surface area contributed by atoms with Crippen molar-refractivity contribution in [3.63, 3.8) is 0 Å². The van der Waals surface area contributed by atoms with Gasteiger partial charge < -0.3 is 28.4 Å². The molecule has 0 saturated carbocycles. The Morgan fingerprint density at radius 2 is 1.25 bits per heavy atom. The van der Waals surface area contributed by atoms with Crippen LogP contribution in [0.4, 0.5) is 17.6 Å². The summed E-state index contributed by atoms with van der Waals surface area (Å²) in [5.74, 6) is -14.1. The smallest absolute Gasteiger partial charge is 0.343 e. The van der Waals surface area contributed by atoms with Crippen LogP contribution in [-0.2, 0) is 47.6 Å². The molecular weight excluding hydrogens is 504 g/mol. The molecule has 1 aromatic carbocycles.